The van der Waals surface area contributed by atoms with Crippen LogP contribution >= 0.6 is 0 Å². The van der Waals surface area contributed by atoms with Crippen LogP contribution in [0.25, 0.3) is 0 Å². The number of hydrogen-bond donors (Lipinski definition) is 1. The zero-order valence-corrected chi connectivity index (χ0v) is 17.6. The first-order valence-corrected chi connectivity index (χ1v) is 10.9. The quantitative estimate of drug-likeness (QED) is 0.695. The van der Waals surface area contributed by atoms with Gasteiger partial charge in [0.2, 0.25) is 0 Å². The molecule has 0 saturated heterocycles. The van der Waals surface area contributed by atoms with E-state index in [0.29, 0.717) is 13.0 Å². The number of nitrogens with one attached hydrogen (secondary N) is 1. The molecule has 0 fully saturated rings. The van der Waals surface area contributed by atoms with Gasteiger partial charge in [-0.3, -0.25) is 4.79 Å². The highest BCUT2D eigenvalue weighted by Crippen LogP contribution is 2.27. The molecule has 0 aliphatic heterocycles. The lowest BCUT2D eigenvalue weighted by molar-refractivity contribution is 0.0938. The zero-order valence-electron chi connectivity index (χ0n) is 16.8. The Labute approximate surface area is 167 Å². The van der Waals surface area contributed by atoms with Crippen LogP contribution in [0.4, 0.5) is 0 Å². The fourth-order valence-electron chi connectivity index (χ4n) is 3.10. The number of carbonyl (C=O) groups excluding carboxylic acids is 1. The van der Waals surface area contributed by atoms with Gasteiger partial charge in [0.05, 0.1) is 29.4 Å². The number of rotatable bonds is 9. The maximum atomic E-state index is 12.8. The van der Waals surface area contributed by atoms with Crippen molar-refractivity contribution < 1.29 is 17.9 Å². The van der Waals surface area contributed by atoms with Crippen molar-refractivity contribution >= 4 is 15.7 Å². The van der Waals surface area contributed by atoms with Gasteiger partial charge in [-0.25, -0.2) is 8.42 Å². The first-order valence-electron chi connectivity index (χ1n) is 9.21. The summed E-state index contributed by atoms with van der Waals surface area (Å²) in [7, 11) is 1.95. The molecule has 0 aliphatic carbocycles. The van der Waals surface area contributed by atoms with Gasteiger partial charge in [0.1, 0.15) is 5.75 Å². The minimum atomic E-state index is -3.49. The monoisotopic (exact) mass is 404 g/mol. The molecule has 2 rings (SSSR count). The summed E-state index contributed by atoms with van der Waals surface area (Å²) in [4.78, 5) is 14.9. The summed E-state index contributed by atoms with van der Waals surface area (Å²) in [6.45, 7) is 2.11. The second-order valence-corrected chi connectivity index (χ2v) is 8.82. The maximum absolute atomic E-state index is 12.8. The van der Waals surface area contributed by atoms with E-state index in [9.17, 15) is 13.2 Å². The highest BCUT2D eigenvalue weighted by atomic mass is 32.2. The Morgan fingerprint density at radius 1 is 1.11 bits per heavy atom. The number of benzene rings is 2. The lowest BCUT2D eigenvalue weighted by Gasteiger charge is -2.26. The molecule has 1 amide bonds. The molecule has 2 aromatic rings. The van der Waals surface area contributed by atoms with Crippen molar-refractivity contribution in [3.8, 4) is 5.75 Å². The molecule has 0 saturated carbocycles. The lowest BCUT2D eigenvalue weighted by Crippen LogP contribution is -2.35. The Bertz CT molecular complexity index is 910. The molecule has 0 aliphatic rings. The third-order valence-corrected chi connectivity index (χ3v) is 6.49. The van der Waals surface area contributed by atoms with Crippen LogP contribution in [0.15, 0.2) is 53.4 Å². The fraction of sp³-hybridized carbons (Fsp3) is 0.381. The zero-order chi connectivity index (χ0) is 20.7. The smallest absolute Gasteiger partial charge is 0.252 e. The number of sulfone groups is 1. The highest BCUT2D eigenvalue weighted by Gasteiger charge is 2.23. The molecule has 0 bridgehead atoms. The molecule has 6 nitrogen and oxygen atoms in total. The van der Waals surface area contributed by atoms with Crippen molar-refractivity contribution in [2.45, 2.75) is 24.3 Å². The van der Waals surface area contributed by atoms with Gasteiger partial charge >= 0.3 is 0 Å². The number of methoxy groups -OCH3 is 1. The van der Waals surface area contributed by atoms with E-state index in [1.807, 2.05) is 43.3 Å². The summed E-state index contributed by atoms with van der Waals surface area (Å²) in [5.74, 6) is 0.345. The Hall–Kier alpha value is -2.38. The first kappa shape index (κ1) is 21.9. The Morgan fingerprint density at radius 3 is 2.39 bits per heavy atom. The standard InChI is InChI=1S/C21H28N2O4S/c1-5-14-28(25,26)20-13-9-7-11-17(20)21(24)22-15-18(23(2)3)16-10-6-8-12-19(16)27-4/h6-13,18H,5,14-15H2,1-4H3,(H,22,24). The molecule has 28 heavy (non-hydrogen) atoms. The number of para-hydroxylation sites is 1. The third kappa shape index (κ3) is 5.11. The van der Waals surface area contributed by atoms with Crippen molar-refractivity contribution in [3.05, 3.63) is 59.7 Å². The van der Waals surface area contributed by atoms with Crippen LogP contribution in [-0.4, -0.2) is 52.7 Å². The Balaban J connectivity index is 2.26. The normalized spacial score (nSPS) is 12.6. The lowest BCUT2D eigenvalue weighted by atomic mass is 10.0. The van der Waals surface area contributed by atoms with Crippen LogP contribution in [0.1, 0.15) is 35.3 Å². The molecule has 1 unspecified atom stereocenters. The van der Waals surface area contributed by atoms with E-state index in [1.54, 1.807) is 32.2 Å². The number of hydrogen-bond acceptors (Lipinski definition) is 5. The summed E-state index contributed by atoms with van der Waals surface area (Å²) in [6.07, 6.45) is 0.495. The number of ether oxygens (including phenoxy) is 1. The van der Waals surface area contributed by atoms with E-state index in [-0.39, 0.29) is 22.3 Å². The molecule has 0 aromatic heterocycles. The molecule has 7 heteroatoms. The van der Waals surface area contributed by atoms with Gasteiger partial charge in [-0.1, -0.05) is 37.3 Å². The van der Waals surface area contributed by atoms with Gasteiger partial charge in [-0.2, -0.15) is 0 Å². The van der Waals surface area contributed by atoms with Crippen molar-refractivity contribution in [2.24, 2.45) is 0 Å². The van der Waals surface area contributed by atoms with E-state index in [1.165, 1.54) is 6.07 Å². The molecule has 0 heterocycles. The van der Waals surface area contributed by atoms with Gasteiger partial charge in [0, 0.05) is 12.1 Å². The van der Waals surface area contributed by atoms with E-state index in [4.69, 9.17) is 4.74 Å². The van der Waals surface area contributed by atoms with Gasteiger partial charge in [-0.15, -0.1) is 0 Å². The fourth-order valence-corrected chi connectivity index (χ4v) is 4.64. The minimum absolute atomic E-state index is 0.0127. The predicted molar refractivity (Wildman–Crippen MR) is 111 cm³/mol. The summed E-state index contributed by atoms with van der Waals surface area (Å²) in [5, 5.41) is 2.88. The topological polar surface area (TPSA) is 75.7 Å². The van der Waals surface area contributed by atoms with Crippen molar-refractivity contribution in [3.63, 3.8) is 0 Å². The number of nitrogens with zero attached hydrogens (tertiary/aromatic N) is 1. The van der Waals surface area contributed by atoms with Crippen molar-refractivity contribution in [2.75, 3.05) is 33.5 Å². The van der Waals surface area contributed by atoms with Crippen LogP contribution in [0.2, 0.25) is 0 Å². The third-order valence-electron chi connectivity index (χ3n) is 4.52. The van der Waals surface area contributed by atoms with E-state index in [2.05, 4.69) is 5.32 Å². The van der Waals surface area contributed by atoms with Crippen molar-refractivity contribution in [1.82, 2.24) is 10.2 Å². The van der Waals surface area contributed by atoms with Gasteiger partial charge in [-0.05, 0) is 38.7 Å². The number of carbonyl (C=O) groups is 1. The summed E-state index contributed by atoms with van der Waals surface area (Å²) >= 11 is 0. The van der Waals surface area contributed by atoms with Gasteiger partial charge < -0.3 is 15.0 Å². The molecule has 0 radical (unpaired) electrons. The average molecular weight is 405 g/mol. The first-order chi connectivity index (χ1) is 13.3. The second-order valence-electron chi connectivity index (χ2n) is 6.75. The SMILES string of the molecule is CCCS(=O)(=O)c1ccccc1C(=O)NCC(c1ccccc1OC)N(C)C. The second kappa shape index (κ2) is 9.71. The molecule has 0 spiro atoms. The van der Waals surface area contributed by atoms with E-state index in [0.717, 1.165) is 11.3 Å². The molecular formula is C21H28N2O4S. The van der Waals surface area contributed by atoms with Gasteiger partial charge in [0.25, 0.3) is 5.91 Å². The maximum Gasteiger partial charge on any atom is 0.252 e. The molecule has 2 aromatic carbocycles. The number of amides is 1. The number of likely N-dealkylation sites (N-methyl/N-ethyl adjacent to an activating group) is 1. The van der Waals surface area contributed by atoms with Crippen LogP contribution < -0.4 is 10.1 Å². The van der Waals surface area contributed by atoms with Crippen molar-refractivity contribution in [1.29, 1.82) is 0 Å². The predicted octanol–water partition coefficient (Wildman–Crippen LogP) is 2.91. The molecule has 1 N–H and O–H groups in total. The van der Waals surface area contributed by atoms with E-state index < -0.39 is 15.7 Å². The molecule has 1 atom stereocenters. The summed E-state index contributed by atoms with van der Waals surface area (Å²) in [6, 6.07) is 13.9. The Morgan fingerprint density at radius 2 is 1.75 bits per heavy atom. The van der Waals surface area contributed by atoms with Gasteiger partial charge in [0.15, 0.2) is 9.84 Å². The van der Waals surface area contributed by atoms with Crippen LogP contribution in [0.3, 0.4) is 0 Å². The minimum Gasteiger partial charge on any atom is -0.496 e. The van der Waals surface area contributed by atoms with Crippen LogP contribution in [0.5, 0.6) is 5.75 Å². The van der Waals surface area contributed by atoms with Crippen LogP contribution in [0, 0.1) is 0 Å². The Kier molecular flexibility index (Phi) is 7.60. The highest BCUT2D eigenvalue weighted by molar-refractivity contribution is 7.91. The van der Waals surface area contributed by atoms with Crippen LogP contribution in [-0.2, 0) is 9.84 Å². The van der Waals surface area contributed by atoms with E-state index >= 15 is 0 Å². The average Bonchev–Trinajstić information content (AvgIpc) is 2.68. The summed E-state index contributed by atoms with van der Waals surface area (Å²) in [5.41, 5.74) is 1.12. The summed E-state index contributed by atoms with van der Waals surface area (Å²) < 4.78 is 30.4. The molecular weight excluding hydrogens is 376 g/mol. The largest absolute Gasteiger partial charge is 0.496 e. The molecule has 152 valence electrons.